The molecule has 18 heavy (non-hydrogen) atoms. The maximum Gasteiger partial charge on any atom is 0.329 e. The highest BCUT2D eigenvalue weighted by molar-refractivity contribution is 6.18. The van der Waals surface area contributed by atoms with Crippen LogP contribution in [-0.2, 0) is 13.1 Å². The normalized spacial score (nSPS) is 11.7. The van der Waals surface area contributed by atoms with Crippen LogP contribution in [0.5, 0.6) is 0 Å². The van der Waals surface area contributed by atoms with Crippen molar-refractivity contribution in [1.29, 1.82) is 0 Å². The van der Waals surface area contributed by atoms with Gasteiger partial charge in [-0.1, -0.05) is 31.2 Å². The van der Waals surface area contributed by atoms with E-state index >= 15 is 0 Å². The molecule has 0 unspecified atom stereocenters. The molecule has 0 bridgehead atoms. The zero-order chi connectivity index (χ0) is 13.0. The summed E-state index contributed by atoms with van der Waals surface area (Å²) in [6.07, 6.45) is 4.74. The summed E-state index contributed by atoms with van der Waals surface area (Å²) < 4.78 is 3.62. The molecule has 0 amide bonds. The first-order valence-electron chi connectivity index (χ1n) is 6.18. The van der Waals surface area contributed by atoms with Crippen LogP contribution in [0.2, 0.25) is 0 Å². The largest absolute Gasteiger partial charge is 0.329 e. The first-order chi connectivity index (χ1) is 8.79. The Hall–Kier alpha value is -1.48. The number of allylic oxidation sites excluding steroid dienone is 2. The van der Waals surface area contributed by atoms with Crippen LogP contribution in [-0.4, -0.2) is 15.0 Å². The van der Waals surface area contributed by atoms with E-state index < -0.39 is 0 Å². The number of hydrogen-bond donors (Lipinski definition) is 0. The van der Waals surface area contributed by atoms with Crippen LogP contribution < -0.4 is 5.69 Å². The van der Waals surface area contributed by atoms with E-state index in [0.717, 1.165) is 24.0 Å². The Morgan fingerprint density at radius 3 is 2.44 bits per heavy atom. The molecule has 0 aliphatic carbocycles. The maximum atomic E-state index is 12.3. The topological polar surface area (TPSA) is 26.9 Å². The first-order valence-corrected chi connectivity index (χ1v) is 6.72. The smallest absolute Gasteiger partial charge is 0.292 e. The fourth-order valence-corrected chi connectivity index (χ4v) is 2.26. The summed E-state index contributed by atoms with van der Waals surface area (Å²) in [5, 5.41) is 0. The Morgan fingerprint density at radius 1 is 1.17 bits per heavy atom. The van der Waals surface area contributed by atoms with E-state index in [4.69, 9.17) is 11.6 Å². The van der Waals surface area contributed by atoms with Crippen LogP contribution in [0.15, 0.2) is 41.2 Å². The minimum Gasteiger partial charge on any atom is -0.292 e. The van der Waals surface area contributed by atoms with E-state index in [2.05, 4.69) is 6.92 Å². The fourth-order valence-electron chi connectivity index (χ4n) is 2.13. The summed E-state index contributed by atoms with van der Waals surface area (Å²) in [7, 11) is 0. The van der Waals surface area contributed by atoms with Crippen molar-refractivity contribution in [3.05, 3.63) is 46.9 Å². The molecule has 0 aliphatic rings. The fraction of sp³-hybridized carbons (Fsp3) is 0.357. The maximum absolute atomic E-state index is 12.3. The van der Waals surface area contributed by atoms with E-state index in [9.17, 15) is 4.79 Å². The minimum atomic E-state index is 0.0530. The van der Waals surface area contributed by atoms with Crippen LogP contribution in [0, 0.1) is 0 Å². The Labute approximate surface area is 111 Å². The second kappa shape index (κ2) is 5.91. The average Bonchev–Trinajstić information content (AvgIpc) is 2.65. The van der Waals surface area contributed by atoms with E-state index in [1.807, 2.05) is 41.0 Å². The Kier molecular flexibility index (Phi) is 4.26. The lowest BCUT2D eigenvalue weighted by atomic mass is 10.3. The van der Waals surface area contributed by atoms with Gasteiger partial charge in [-0.3, -0.25) is 9.13 Å². The number of aromatic nitrogens is 2. The SMILES string of the molecule is CCCn1c(=O)n(C/C=C/CCl)c2ccccc21. The first kappa shape index (κ1) is 13.0. The summed E-state index contributed by atoms with van der Waals surface area (Å²) >= 11 is 5.60. The lowest BCUT2D eigenvalue weighted by molar-refractivity contribution is 0.641. The quantitative estimate of drug-likeness (QED) is 0.602. The number of hydrogen-bond acceptors (Lipinski definition) is 1. The molecule has 0 atom stereocenters. The highest BCUT2D eigenvalue weighted by Crippen LogP contribution is 2.13. The Morgan fingerprint density at radius 2 is 1.83 bits per heavy atom. The van der Waals surface area contributed by atoms with Gasteiger partial charge in [-0.15, -0.1) is 11.6 Å². The van der Waals surface area contributed by atoms with Gasteiger partial charge in [0.05, 0.1) is 11.0 Å². The molecule has 3 nitrogen and oxygen atoms in total. The van der Waals surface area contributed by atoms with Crippen molar-refractivity contribution >= 4 is 22.6 Å². The van der Waals surface area contributed by atoms with Crippen molar-refractivity contribution in [2.24, 2.45) is 0 Å². The molecule has 1 heterocycles. The second-order valence-electron chi connectivity index (χ2n) is 4.16. The van der Waals surface area contributed by atoms with Gasteiger partial charge >= 0.3 is 5.69 Å². The van der Waals surface area contributed by atoms with Gasteiger partial charge in [0, 0.05) is 19.0 Å². The molecule has 2 rings (SSSR count). The van der Waals surface area contributed by atoms with Crippen molar-refractivity contribution < 1.29 is 0 Å². The third kappa shape index (κ3) is 2.36. The molecule has 0 fully saturated rings. The van der Waals surface area contributed by atoms with Gasteiger partial charge in [0.1, 0.15) is 0 Å². The van der Waals surface area contributed by atoms with Gasteiger partial charge in [-0.05, 0) is 18.6 Å². The number of halogens is 1. The molecule has 96 valence electrons. The van der Waals surface area contributed by atoms with E-state index in [1.54, 1.807) is 4.57 Å². The zero-order valence-electron chi connectivity index (χ0n) is 10.5. The predicted molar refractivity (Wildman–Crippen MR) is 76.3 cm³/mol. The summed E-state index contributed by atoms with van der Waals surface area (Å²) in [5.74, 6) is 0.475. The van der Waals surface area contributed by atoms with E-state index in [1.165, 1.54) is 0 Å². The average molecular weight is 265 g/mol. The number of aryl methyl sites for hydroxylation is 1. The van der Waals surface area contributed by atoms with Crippen molar-refractivity contribution in [2.45, 2.75) is 26.4 Å². The molecule has 4 heteroatoms. The summed E-state index contributed by atoms with van der Waals surface area (Å²) in [6.45, 7) is 3.40. The van der Waals surface area contributed by atoms with Crippen molar-refractivity contribution in [3.8, 4) is 0 Å². The highest BCUT2D eigenvalue weighted by Gasteiger charge is 2.10. The molecular weight excluding hydrogens is 248 g/mol. The van der Waals surface area contributed by atoms with E-state index in [0.29, 0.717) is 12.4 Å². The Bertz CT molecular complexity index is 610. The number of fused-ring (bicyclic) bond motifs is 1. The lowest BCUT2D eigenvalue weighted by Gasteiger charge is -1.98. The zero-order valence-corrected chi connectivity index (χ0v) is 11.2. The van der Waals surface area contributed by atoms with Gasteiger partial charge in [0.2, 0.25) is 0 Å². The van der Waals surface area contributed by atoms with Crippen molar-refractivity contribution in [1.82, 2.24) is 9.13 Å². The molecule has 0 spiro atoms. The van der Waals surface area contributed by atoms with Crippen LogP contribution in [0.25, 0.3) is 11.0 Å². The number of rotatable bonds is 5. The highest BCUT2D eigenvalue weighted by atomic mass is 35.5. The van der Waals surface area contributed by atoms with Crippen LogP contribution in [0.4, 0.5) is 0 Å². The second-order valence-corrected chi connectivity index (χ2v) is 4.47. The number of nitrogens with zero attached hydrogens (tertiary/aromatic N) is 2. The van der Waals surface area contributed by atoms with Crippen LogP contribution in [0.3, 0.4) is 0 Å². The Balaban J connectivity index is 2.54. The van der Waals surface area contributed by atoms with Crippen molar-refractivity contribution in [3.63, 3.8) is 0 Å². The molecule has 0 saturated carbocycles. The molecular formula is C14H17ClN2O. The number of imidazole rings is 1. The van der Waals surface area contributed by atoms with Crippen LogP contribution in [0.1, 0.15) is 13.3 Å². The molecule has 0 radical (unpaired) electrons. The molecule has 1 aromatic heterocycles. The number of alkyl halides is 1. The van der Waals surface area contributed by atoms with Gasteiger partial charge in [0.15, 0.2) is 0 Å². The van der Waals surface area contributed by atoms with Gasteiger partial charge in [-0.2, -0.15) is 0 Å². The molecule has 1 aromatic carbocycles. The minimum absolute atomic E-state index is 0.0530. The molecule has 0 aliphatic heterocycles. The van der Waals surface area contributed by atoms with E-state index in [-0.39, 0.29) is 5.69 Å². The summed E-state index contributed by atoms with van der Waals surface area (Å²) in [5.41, 5.74) is 2.04. The standard InChI is InChI=1S/C14H17ClN2O/c1-2-10-16-12-7-3-4-8-13(12)17(14(16)18)11-6-5-9-15/h3-8H,2,9-11H2,1H3/b6-5+. The molecule has 2 aromatic rings. The van der Waals surface area contributed by atoms with Gasteiger partial charge < -0.3 is 0 Å². The molecule has 0 saturated heterocycles. The summed E-state index contributed by atoms with van der Waals surface area (Å²) in [4.78, 5) is 12.3. The third-order valence-electron chi connectivity index (χ3n) is 2.92. The predicted octanol–water partition coefficient (Wildman–Crippen LogP) is 3.01. The monoisotopic (exact) mass is 264 g/mol. The lowest BCUT2D eigenvalue weighted by Crippen LogP contribution is -2.23. The van der Waals surface area contributed by atoms with Gasteiger partial charge in [0.25, 0.3) is 0 Å². The number of para-hydroxylation sites is 2. The third-order valence-corrected chi connectivity index (χ3v) is 3.09. The number of benzene rings is 1. The van der Waals surface area contributed by atoms with Crippen LogP contribution >= 0.6 is 11.6 Å². The van der Waals surface area contributed by atoms with Gasteiger partial charge in [-0.25, -0.2) is 4.79 Å². The molecule has 0 N–H and O–H groups in total. The summed E-state index contributed by atoms with van der Waals surface area (Å²) in [6, 6.07) is 7.90. The van der Waals surface area contributed by atoms with Crippen molar-refractivity contribution in [2.75, 3.05) is 5.88 Å².